The van der Waals surface area contributed by atoms with Crippen LogP contribution in [-0.2, 0) is 0 Å². The highest BCUT2D eigenvalue weighted by molar-refractivity contribution is 6.38. The number of amides is 2. The Morgan fingerprint density at radius 3 is 2.50 bits per heavy atom. The monoisotopic (exact) mass is 390 g/mol. The Morgan fingerprint density at radius 2 is 1.88 bits per heavy atom. The van der Waals surface area contributed by atoms with Crippen molar-refractivity contribution in [2.75, 3.05) is 17.2 Å². The molecule has 1 aromatic carbocycles. The summed E-state index contributed by atoms with van der Waals surface area (Å²) in [6.07, 6.45) is 2.94. The number of benzene rings is 1. The van der Waals surface area contributed by atoms with E-state index in [1.807, 2.05) is 0 Å². The molecule has 0 aliphatic heterocycles. The lowest BCUT2D eigenvalue weighted by Crippen LogP contribution is -2.40. The van der Waals surface area contributed by atoms with E-state index in [1.54, 1.807) is 6.92 Å². The molecule has 128 valence electrons. The van der Waals surface area contributed by atoms with Gasteiger partial charge in [-0.15, -0.1) is 0 Å². The van der Waals surface area contributed by atoms with Crippen molar-refractivity contribution < 1.29 is 9.18 Å². The van der Waals surface area contributed by atoms with Crippen molar-refractivity contribution in [3.05, 3.63) is 51.5 Å². The quantitative estimate of drug-likeness (QED) is 0.685. The number of carbonyl (C=O) groups is 1. The van der Waals surface area contributed by atoms with E-state index in [9.17, 15) is 9.18 Å². The summed E-state index contributed by atoms with van der Waals surface area (Å²) >= 11 is 17.7. The zero-order valence-corrected chi connectivity index (χ0v) is 14.8. The zero-order valence-electron chi connectivity index (χ0n) is 12.5. The predicted octanol–water partition coefficient (Wildman–Crippen LogP) is 4.80. The summed E-state index contributed by atoms with van der Waals surface area (Å²) in [4.78, 5) is 15.8. The first-order valence-corrected chi connectivity index (χ1v) is 8.05. The number of aromatic nitrogens is 1. The maximum atomic E-state index is 13.1. The molecule has 1 atom stereocenters. The van der Waals surface area contributed by atoms with E-state index < -0.39 is 11.8 Å². The SMILES string of the molecule is CC(CNc1c(Cl)cncc1Cl)NC(=O)Nc1ccc(F)c(Cl)c1. The van der Waals surface area contributed by atoms with Gasteiger partial charge in [0.15, 0.2) is 0 Å². The van der Waals surface area contributed by atoms with Gasteiger partial charge in [-0.2, -0.15) is 0 Å². The number of halogens is 4. The summed E-state index contributed by atoms with van der Waals surface area (Å²) in [5.41, 5.74) is 0.937. The van der Waals surface area contributed by atoms with Crippen molar-refractivity contribution in [1.29, 1.82) is 0 Å². The number of anilines is 2. The molecule has 24 heavy (non-hydrogen) atoms. The standard InChI is InChI=1S/C15H14Cl3FN4O/c1-8(5-21-14-11(17)6-20-7-12(14)18)22-15(24)23-9-2-3-13(19)10(16)4-9/h2-4,6-8H,5H2,1H3,(H,20,21)(H2,22,23,24). The predicted molar refractivity (Wildman–Crippen MR) is 95.8 cm³/mol. The average molecular weight is 392 g/mol. The molecule has 2 amide bonds. The van der Waals surface area contributed by atoms with Crippen molar-refractivity contribution in [3.63, 3.8) is 0 Å². The van der Waals surface area contributed by atoms with Crippen LogP contribution in [0.1, 0.15) is 6.92 Å². The second-order valence-corrected chi connectivity index (χ2v) is 6.21. The van der Waals surface area contributed by atoms with Gasteiger partial charge in [0, 0.05) is 30.7 Å². The largest absolute Gasteiger partial charge is 0.380 e. The van der Waals surface area contributed by atoms with E-state index in [1.165, 1.54) is 30.6 Å². The van der Waals surface area contributed by atoms with E-state index >= 15 is 0 Å². The van der Waals surface area contributed by atoms with Gasteiger partial charge in [-0.3, -0.25) is 4.98 Å². The van der Waals surface area contributed by atoms with Gasteiger partial charge >= 0.3 is 6.03 Å². The lowest BCUT2D eigenvalue weighted by atomic mass is 10.3. The number of hydrogen-bond acceptors (Lipinski definition) is 3. The van der Waals surface area contributed by atoms with Gasteiger partial charge < -0.3 is 16.0 Å². The fourth-order valence-corrected chi connectivity index (χ4v) is 2.53. The van der Waals surface area contributed by atoms with Crippen molar-refractivity contribution in [3.8, 4) is 0 Å². The third-order valence-corrected chi connectivity index (χ3v) is 3.86. The molecule has 0 bridgehead atoms. The topological polar surface area (TPSA) is 66.0 Å². The number of pyridine rings is 1. The van der Waals surface area contributed by atoms with Crippen LogP contribution in [-0.4, -0.2) is 23.6 Å². The lowest BCUT2D eigenvalue weighted by Gasteiger charge is -2.17. The summed E-state index contributed by atoms with van der Waals surface area (Å²) in [7, 11) is 0. The Kier molecular flexibility index (Phi) is 6.48. The molecule has 0 spiro atoms. The molecule has 0 fully saturated rings. The fraction of sp³-hybridized carbons (Fsp3) is 0.200. The summed E-state index contributed by atoms with van der Waals surface area (Å²) < 4.78 is 13.1. The van der Waals surface area contributed by atoms with Crippen molar-refractivity contribution >= 4 is 52.2 Å². The summed E-state index contributed by atoms with van der Waals surface area (Å²) in [5, 5.41) is 9.05. The molecule has 0 aliphatic rings. The van der Waals surface area contributed by atoms with Gasteiger partial charge in [-0.1, -0.05) is 34.8 Å². The molecule has 2 aromatic rings. The smallest absolute Gasteiger partial charge is 0.319 e. The van der Waals surface area contributed by atoms with Crippen molar-refractivity contribution in [2.45, 2.75) is 13.0 Å². The second kappa shape index (κ2) is 8.37. The molecule has 0 radical (unpaired) electrons. The molecular weight excluding hydrogens is 378 g/mol. The summed E-state index contributed by atoms with van der Waals surface area (Å²) in [5.74, 6) is -0.550. The number of nitrogens with zero attached hydrogens (tertiary/aromatic N) is 1. The van der Waals surface area contributed by atoms with Gasteiger partial charge in [-0.25, -0.2) is 9.18 Å². The van der Waals surface area contributed by atoms with E-state index in [0.29, 0.717) is 28.0 Å². The highest BCUT2D eigenvalue weighted by atomic mass is 35.5. The van der Waals surface area contributed by atoms with Gasteiger partial charge in [-0.05, 0) is 25.1 Å². The van der Waals surface area contributed by atoms with Crippen LogP contribution in [0, 0.1) is 5.82 Å². The van der Waals surface area contributed by atoms with Gasteiger partial charge in [0.2, 0.25) is 0 Å². The summed E-state index contributed by atoms with van der Waals surface area (Å²) in [6.45, 7) is 2.19. The van der Waals surface area contributed by atoms with E-state index in [4.69, 9.17) is 34.8 Å². The number of urea groups is 1. The van der Waals surface area contributed by atoms with Crippen LogP contribution in [0.5, 0.6) is 0 Å². The van der Waals surface area contributed by atoms with Crippen LogP contribution in [0.4, 0.5) is 20.6 Å². The molecule has 3 N–H and O–H groups in total. The third-order valence-electron chi connectivity index (χ3n) is 2.99. The van der Waals surface area contributed by atoms with E-state index in [0.717, 1.165) is 0 Å². The van der Waals surface area contributed by atoms with E-state index in [-0.39, 0.29) is 11.1 Å². The van der Waals surface area contributed by atoms with Crippen LogP contribution in [0.2, 0.25) is 15.1 Å². The molecule has 9 heteroatoms. The molecule has 0 saturated heterocycles. The number of rotatable bonds is 5. The van der Waals surface area contributed by atoms with Crippen molar-refractivity contribution in [2.24, 2.45) is 0 Å². The Labute approximate surface area is 153 Å². The minimum atomic E-state index is -0.550. The fourth-order valence-electron chi connectivity index (χ4n) is 1.85. The van der Waals surface area contributed by atoms with Gasteiger partial charge in [0.25, 0.3) is 0 Å². The minimum Gasteiger partial charge on any atom is -0.380 e. The molecule has 0 saturated carbocycles. The van der Waals surface area contributed by atoms with Crippen LogP contribution in [0.25, 0.3) is 0 Å². The van der Waals surface area contributed by atoms with Crippen LogP contribution >= 0.6 is 34.8 Å². The third kappa shape index (κ3) is 5.12. The Morgan fingerprint density at radius 1 is 1.21 bits per heavy atom. The Hall–Kier alpha value is -1.76. The van der Waals surface area contributed by atoms with Gasteiger partial charge in [0.1, 0.15) is 5.82 Å². The second-order valence-electron chi connectivity index (χ2n) is 4.99. The minimum absolute atomic E-state index is 0.0653. The van der Waals surface area contributed by atoms with Crippen LogP contribution < -0.4 is 16.0 Å². The zero-order chi connectivity index (χ0) is 17.7. The maximum Gasteiger partial charge on any atom is 0.319 e. The Balaban J connectivity index is 1.86. The first kappa shape index (κ1) is 18.6. The molecule has 1 aromatic heterocycles. The average Bonchev–Trinajstić information content (AvgIpc) is 2.50. The number of carbonyl (C=O) groups excluding carboxylic acids is 1. The highest BCUT2D eigenvalue weighted by Crippen LogP contribution is 2.28. The van der Waals surface area contributed by atoms with E-state index in [2.05, 4.69) is 20.9 Å². The molecule has 5 nitrogen and oxygen atoms in total. The summed E-state index contributed by atoms with van der Waals surface area (Å²) in [6, 6.07) is 3.24. The molecule has 2 rings (SSSR count). The normalized spacial score (nSPS) is 11.7. The maximum absolute atomic E-state index is 13.1. The first-order valence-electron chi connectivity index (χ1n) is 6.92. The highest BCUT2D eigenvalue weighted by Gasteiger charge is 2.11. The number of nitrogens with one attached hydrogen (secondary N) is 3. The first-order chi connectivity index (χ1) is 11.4. The molecule has 0 aliphatic carbocycles. The van der Waals surface area contributed by atoms with Crippen LogP contribution in [0.15, 0.2) is 30.6 Å². The Bertz CT molecular complexity index is 724. The molecule has 1 unspecified atom stereocenters. The van der Waals surface area contributed by atoms with Crippen LogP contribution in [0.3, 0.4) is 0 Å². The number of hydrogen-bond donors (Lipinski definition) is 3. The molecule has 1 heterocycles. The van der Waals surface area contributed by atoms with Crippen molar-refractivity contribution in [1.82, 2.24) is 10.3 Å². The molecular formula is C15H14Cl3FN4O. The lowest BCUT2D eigenvalue weighted by molar-refractivity contribution is 0.249. The van der Waals surface area contributed by atoms with Gasteiger partial charge in [0.05, 0.1) is 20.8 Å².